The van der Waals surface area contributed by atoms with Gasteiger partial charge in [-0.15, -0.1) is 0 Å². The first-order valence-electron chi connectivity index (χ1n) is 7.35. The number of methoxy groups -OCH3 is 1. The van der Waals surface area contributed by atoms with Crippen molar-refractivity contribution in [3.8, 4) is 0 Å². The molecule has 0 saturated heterocycles. The second-order valence-electron chi connectivity index (χ2n) is 5.89. The fraction of sp³-hybridized carbons (Fsp3) is 0.294. The lowest BCUT2D eigenvalue weighted by molar-refractivity contribution is 0.0603. The van der Waals surface area contributed by atoms with E-state index in [1.807, 2.05) is 0 Å². The summed E-state index contributed by atoms with van der Waals surface area (Å²) in [4.78, 5) is 27.0. The number of rotatable bonds is 2. The number of hydrogen-bond acceptors (Lipinski definition) is 4. The highest BCUT2D eigenvalue weighted by atomic mass is 19.1. The van der Waals surface area contributed by atoms with E-state index in [1.165, 1.54) is 23.8 Å². The SMILES string of the molecule is COC(=O)c1c(N(C)C)n(C)c2c1c(=O)n(C)c1ccc(F)cc21. The molecule has 0 unspecified atom stereocenters. The second-order valence-corrected chi connectivity index (χ2v) is 5.89. The number of halogens is 1. The molecule has 1 aromatic carbocycles. The summed E-state index contributed by atoms with van der Waals surface area (Å²) >= 11 is 0. The number of aromatic nitrogens is 2. The molecule has 2 heterocycles. The van der Waals surface area contributed by atoms with Crippen molar-refractivity contribution in [1.29, 1.82) is 0 Å². The number of aryl methyl sites for hydroxylation is 2. The van der Waals surface area contributed by atoms with E-state index < -0.39 is 11.8 Å². The van der Waals surface area contributed by atoms with Crippen molar-refractivity contribution in [1.82, 2.24) is 9.13 Å². The standard InChI is InChI=1S/C17H18FN3O3/c1-19(2)15-13(17(23)24-5)12-14(21(15)4)10-8-9(18)6-7-11(10)20(3)16(12)22/h6-8H,1-5H3. The molecule has 2 aromatic heterocycles. The first-order chi connectivity index (χ1) is 11.3. The van der Waals surface area contributed by atoms with Crippen LogP contribution in [0, 0.1) is 5.82 Å². The lowest BCUT2D eigenvalue weighted by Crippen LogP contribution is -2.20. The van der Waals surface area contributed by atoms with E-state index in [1.54, 1.807) is 43.7 Å². The number of benzene rings is 1. The average molecular weight is 331 g/mol. The fourth-order valence-corrected chi connectivity index (χ4v) is 3.28. The highest BCUT2D eigenvalue weighted by Gasteiger charge is 2.27. The van der Waals surface area contributed by atoms with Crippen molar-refractivity contribution in [2.45, 2.75) is 0 Å². The van der Waals surface area contributed by atoms with E-state index in [0.29, 0.717) is 22.2 Å². The molecule has 0 radical (unpaired) electrons. The number of nitrogens with zero attached hydrogens (tertiary/aromatic N) is 3. The van der Waals surface area contributed by atoms with Crippen LogP contribution in [0.4, 0.5) is 10.2 Å². The minimum absolute atomic E-state index is 0.187. The van der Waals surface area contributed by atoms with Gasteiger partial charge in [0.15, 0.2) is 0 Å². The third-order valence-corrected chi connectivity index (χ3v) is 4.27. The van der Waals surface area contributed by atoms with Crippen molar-refractivity contribution in [2.24, 2.45) is 14.1 Å². The number of fused-ring (bicyclic) bond motifs is 3. The molecule has 24 heavy (non-hydrogen) atoms. The Labute approximate surface area is 137 Å². The molecule has 3 rings (SSSR count). The molecule has 0 fully saturated rings. The Hall–Kier alpha value is -2.83. The molecule has 0 bridgehead atoms. The predicted molar refractivity (Wildman–Crippen MR) is 91.3 cm³/mol. The topological polar surface area (TPSA) is 56.5 Å². The Morgan fingerprint density at radius 3 is 2.46 bits per heavy atom. The number of anilines is 1. The molecule has 0 aliphatic rings. The second kappa shape index (κ2) is 5.36. The van der Waals surface area contributed by atoms with E-state index >= 15 is 0 Å². The molecule has 0 aliphatic carbocycles. The van der Waals surface area contributed by atoms with Crippen LogP contribution >= 0.6 is 0 Å². The van der Waals surface area contributed by atoms with Gasteiger partial charge in [-0.05, 0) is 18.2 Å². The van der Waals surface area contributed by atoms with Crippen LogP contribution in [0.15, 0.2) is 23.0 Å². The third kappa shape index (κ3) is 2.01. The minimum Gasteiger partial charge on any atom is -0.465 e. The van der Waals surface area contributed by atoms with Crippen LogP contribution in [0.3, 0.4) is 0 Å². The van der Waals surface area contributed by atoms with Gasteiger partial charge < -0.3 is 18.8 Å². The average Bonchev–Trinajstić information content (AvgIpc) is 2.85. The summed E-state index contributed by atoms with van der Waals surface area (Å²) < 4.78 is 21.8. The Morgan fingerprint density at radius 2 is 1.88 bits per heavy atom. The molecule has 3 aromatic rings. The predicted octanol–water partition coefficient (Wildman–Crippen LogP) is 2.02. The molecule has 0 N–H and O–H groups in total. The molecule has 0 atom stereocenters. The Morgan fingerprint density at radius 1 is 1.21 bits per heavy atom. The minimum atomic E-state index is -0.600. The van der Waals surface area contributed by atoms with Crippen LogP contribution in [0.2, 0.25) is 0 Å². The van der Waals surface area contributed by atoms with Crippen molar-refractivity contribution in [3.63, 3.8) is 0 Å². The highest BCUT2D eigenvalue weighted by Crippen LogP contribution is 2.34. The first-order valence-corrected chi connectivity index (χ1v) is 7.35. The zero-order valence-electron chi connectivity index (χ0n) is 14.2. The van der Waals surface area contributed by atoms with Crippen LogP contribution in [-0.2, 0) is 18.8 Å². The molecule has 7 heteroatoms. The first kappa shape index (κ1) is 16.0. The van der Waals surface area contributed by atoms with Gasteiger partial charge in [0.25, 0.3) is 5.56 Å². The lowest BCUT2D eigenvalue weighted by atomic mass is 10.1. The fourth-order valence-electron chi connectivity index (χ4n) is 3.28. The van der Waals surface area contributed by atoms with Gasteiger partial charge in [0, 0.05) is 33.6 Å². The highest BCUT2D eigenvalue weighted by molar-refractivity contribution is 6.16. The zero-order chi connectivity index (χ0) is 17.8. The van der Waals surface area contributed by atoms with Gasteiger partial charge in [-0.25, -0.2) is 9.18 Å². The van der Waals surface area contributed by atoms with Crippen molar-refractivity contribution in [3.05, 3.63) is 39.9 Å². The molecular formula is C17H18FN3O3. The Balaban J connectivity index is 2.70. The Kier molecular flexibility index (Phi) is 3.59. The van der Waals surface area contributed by atoms with E-state index in [0.717, 1.165) is 0 Å². The van der Waals surface area contributed by atoms with Gasteiger partial charge in [-0.3, -0.25) is 4.79 Å². The number of carbonyl (C=O) groups is 1. The maximum absolute atomic E-state index is 13.8. The van der Waals surface area contributed by atoms with Crippen molar-refractivity contribution >= 4 is 33.6 Å². The molecule has 6 nitrogen and oxygen atoms in total. The number of carbonyl (C=O) groups excluding carboxylic acids is 1. The van der Waals surface area contributed by atoms with Crippen LogP contribution in [0.1, 0.15) is 10.4 Å². The largest absolute Gasteiger partial charge is 0.465 e. The van der Waals surface area contributed by atoms with Crippen LogP contribution < -0.4 is 10.5 Å². The summed E-state index contributed by atoms with van der Waals surface area (Å²) in [6, 6.07) is 4.24. The molecule has 126 valence electrons. The number of ether oxygens (including phenoxy) is 1. The maximum atomic E-state index is 13.8. The number of esters is 1. The van der Waals surface area contributed by atoms with Gasteiger partial charge in [0.1, 0.15) is 17.2 Å². The summed E-state index contributed by atoms with van der Waals surface area (Å²) in [5.74, 6) is -0.475. The van der Waals surface area contributed by atoms with Crippen molar-refractivity contribution < 1.29 is 13.9 Å². The van der Waals surface area contributed by atoms with E-state index in [4.69, 9.17) is 4.74 Å². The van der Waals surface area contributed by atoms with Crippen LogP contribution in [-0.4, -0.2) is 36.3 Å². The molecule has 0 amide bonds. The zero-order valence-corrected chi connectivity index (χ0v) is 14.2. The van der Waals surface area contributed by atoms with Gasteiger partial charge in [0.2, 0.25) is 0 Å². The van der Waals surface area contributed by atoms with E-state index in [2.05, 4.69) is 0 Å². The summed E-state index contributed by atoms with van der Waals surface area (Å²) in [5, 5.41) is 0.793. The van der Waals surface area contributed by atoms with E-state index in [9.17, 15) is 14.0 Å². The van der Waals surface area contributed by atoms with Gasteiger partial charge in [-0.1, -0.05) is 0 Å². The summed E-state index contributed by atoms with van der Waals surface area (Å²) in [7, 11) is 8.16. The third-order valence-electron chi connectivity index (χ3n) is 4.27. The maximum Gasteiger partial charge on any atom is 0.342 e. The summed E-state index contributed by atoms with van der Waals surface area (Å²) in [5.41, 5.74) is 0.966. The number of pyridine rings is 1. The summed E-state index contributed by atoms with van der Waals surface area (Å²) in [6.45, 7) is 0. The molecule has 0 aliphatic heterocycles. The van der Waals surface area contributed by atoms with Crippen molar-refractivity contribution in [2.75, 3.05) is 26.1 Å². The van der Waals surface area contributed by atoms with Gasteiger partial charge in [0.05, 0.1) is 23.5 Å². The summed E-state index contributed by atoms with van der Waals surface area (Å²) in [6.07, 6.45) is 0. The number of hydrogen-bond donors (Lipinski definition) is 0. The smallest absolute Gasteiger partial charge is 0.342 e. The van der Waals surface area contributed by atoms with E-state index in [-0.39, 0.29) is 16.5 Å². The Bertz CT molecular complexity index is 1050. The molecule has 0 spiro atoms. The van der Waals surface area contributed by atoms with Gasteiger partial charge >= 0.3 is 5.97 Å². The molecule has 0 saturated carbocycles. The van der Waals surface area contributed by atoms with Gasteiger partial charge in [-0.2, -0.15) is 0 Å². The normalized spacial score (nSPS) is 11.2. The van der Waals surface area contributed by atoms with Crippen LogP contribution in [0.25, 0.3) is 21.8 Å². The quantitative estimate of drug-likeness (QED) is 0.674. The lowest BCUT2D eigenvalue weighted by Gasteiger charge is -2.15. The van der Waals surface area contributed by atoms with Crippen LogP contribution in [0.5, 0.6) is 0 Å². The molecular weight excluding hydrogens is 313 g/mol. The monoisotopic (exact) mass is 331 g/mol.